The Labute approximate surface area is 140 Å². The van der Waals surface area contributed by atoms with Crippen LogP contribution in [-0.4, -0.2) is 50.3 Å². The lowest BCUT2D eigenvalue weighted by Crippen LogP contribution is -3.12. The summed E-state index contributed by atoms with van der Waals surface area (Å²) in [5, 5.41) is 11.0. The quantitative estimate of drug-likeness (QED) is 0.668. The third kappa shape index (κ3) is 3.45. The van der Waals surface area contributed by atoms with Crippen LogP contribution in [0.15, 0.2) is 0 Å². The first-order valence-corrected chi connectivity index (χ1v) is 8.82. The van der Waals surface area contributed by atoms with Crippen LogP contribution in [0, 0.1) is 4.77 Å². The number of nitrogens with zero attached hydrogens (tertiary/aromatic N) is 5. The first-order valence-electron chi connectivity index (χ1n) is 8.41. The summed E-state index contributed by atoms with van der Waals surface area (Å²) in [4.78, 5) is 10.5. The van der Waals surface area contributed by atoms with Crippen LogP contribution >= 0.6 is 12.2 Å². The SMILES string of the molecule is CCNc1nc(NCC)n2c(=S)n(C[NH+]3CCCCC3)nc2n1. The summed E-state index contributed by atoms with van der Waals surface area (Å²) in [6, 6.07) is 0. The van der Waals surface area contributed by atoms with Crippen LogP contribution in [0.4, 0.5) is 11.9 Å². The van der Waals surface area contributed by atoms with E-state index >= 15 is 0 Å². The topological polar surface area (TPSA) is 76.5 Å². The van der Waals surface area contributed by atoms with Crippen molar-refractivity contribution in [3.63, 3.8) is 0 Å². The molecule has 0 aliphatic carbocycles. The number of likely N-dealkylation sites (tertiary alicyclic amines) is 1. The second-order valence-corrected chi connectivity index (χ2v) is 6.18. The fourth-order valence-corrected chi connectivity index (χ4v) is 3.24. The zero-order valence-electron chi connectivity index (χ0n) is 13.8. The molecule has 1 aliphatic heterocycles. The highest BCUT2D eigenvalue weighted by Crippen LogP contribution is 2.12. The summed E-state index contributed by atoms with van der Waals surface area (Å²) >= 11 is 5.61. The van der Waals surface area contributed by atoms with Crippen LogP contribution in [-0.2, 0) is 6.67 Å². The minimum absolute atomic E-state index is 0.577. The number of nitrogens with one attached hydrogen (secondary N) is 3. The number of piperidine rings is 1. The van der Waals surface area contributed by atoms with Gasteiger partial charge in [0.15, 0.2) is 6.67 Å². The molecule has 2 aromatic heterocycles. The van der Waals surface area contributed by atoms with Gasteiger partial charge < -0.3 is 15.5 Å². The normalized spacial score (nSPS) is 15.9. The molecule has 0 bridgehead atoms. The molecular weight excluding hydrogens is 312 g/mol. The van der Waals surface area contributed by atoms with Crippen molar-refractivity contribution in [3.05, 3.63) is 4.77 Å². The molecule has 0 amide bonds. The van der Waals surface area contributed by atoms with E-state index in [-0.39, 0.29) is 0 Å². The van der Waals surface area contributed by atoms with Crippen molar-refractivity contribution in [2.75, 3.05) is 36.8 Å². The molecule has 1 fully saturated rings. The van der Waals surface area contributed by atoms with Crippen molar-refractivity contribution < 1.29 is 4.90 Å². The Hall–Kier alpha value is -1.74. The number of hydrogen-bond acceptors (Lipinski definition) is 6. The smallest absolute Gasteiger partial charge is 0.260 e. The maximum atomic E-state index is 5.61. The zero-order valence-corrected chi connectivity index (χ0v) is 14.6. The molecule has 126 valence electrons. The van der Waals surface area contributed by atoms with Gasteiger partial charge in [0.2, 0.25) is 16.7 Å². The number of aromatic nitrogens is 5. The third-order valence-electron chi connectivity index (χ3n) is 4.06. The molecule has 2 aromatic rings. The van der Waals surface area contributed by atoms with Gasteiger partial charge in [-0.25, -0.2) is 4.40 Å². The molecule has 0 radical (unpaired) electrons. The molecule has 0 saturated carbocycles. The fraction of sp³-hybridized carbons (Fsp3) is 0.714. The molecule has 1 saturated heterocycles. The van der Waals surface area contributed by atoms with Crippen LogP contribution in [0.5, 0.6) is 0 Å². The van der Waals surface area contributed by atoms with E-state index in [1.165, 1.54) is 37.3 Å². The molecule has 23 heavy (non-hydrogen) atoms. The molecule has 3 rings (SSSR count). The van der Waals surface area contributed by atoms with Gasteiger partial charge in [-0.2, -0.15) is 14.6 Å². The van der Waals surface area contributed by atoms with E-state index in [2.05, 4.69) is 25.7 Å². The Balaban J connectivity index is 1.98. The molecule has 3 heterocycles. The molecule has 0 aromatic carbocycles. The molecule has 1 aliphatic rings. The van der Waals surface area contributed by atoms with Crippen LogP contribution in [0.3, 0.4) is 0 Å². The average Bonchev–Trinajstić information content (AvgIpc) is 2.85. The first kappa shape index (κ1) is 16.1. The molecule has 8 nitrogen and oxygen atoms in total. The minimum Gasteiger partial charge on any atom is -0.355 e. The molecule has 3 N–H and O–H groups in total. The van der Waals surface area contributed by atoms with E-state index in [1.807, 2.05) is 22.9 Å². The summed E-state index contributed by atoms with van der Waals surface area (Å²) in [5.74, 6) is 1.86. The van der Waals surface area contributed by atoms with E-state index in [0.717, 1.165) is 19.8 Å². The molecule has 0 atom stereocenters. The van der Waals surface area contributed by atoms with Crippen molar-refractivity contribution in [2.45, 2.75) is 39.8 Å². The number of quaternary nitrogens is 1. The zero-order chi connectivity index (χ0) is 16.2. The Morgan fingerprint density at radius 2 is 1.83 bits per heavy atom. The molecule has 0 unspecified atom stereocenters. The van der Waals surface area contributed by atoms with Crippen molar-refractivity contribution in [1.82, 2.24) is 24.1 Å². The van der Waals surface area contributed by atoms with Gasteiger partial charge in [0, 0.05) is 13.1 Å². The van der Waals surface area contributed by atoms with E-state index < -0.39 is 0 Å². The Bertz CT molecular complexity index is 715. The van der Waals surface area contributed by atoms with E-state index in [0.29, 0.717) is 22.4 Å². The molecule has 9 heteroatoms. The molecular formula is C14H25N8S+. The van der Waals surface area contributed by atoms with Crippen molar-refractivity contribution in [2.24, 2.45) is 0 Å². The summed E-state index contributed by atoms with van der Waals surface area (Å²) in [7, 11) is 0. The Morgan fingerprint density at radius 1 is 1.09 bits per heavy atom. The van der Waals surface area contributed by atoms with Gasteiger partial charge in [-0.1, -0.05) is 0 Å². The lowest BCUT2D eigenvalue weighted by Gasteiger charge is -2.22. The summed E-state index contributed by atoms with van der Waals surface area (Å²) in [6.07, 6.45) is 3.90. The fourth-order valence-electron chi connectivity index (χ4n) is 2.96. The van der Waals surface area contributed by atoms with Gasteiger partial charge in [0.05, 0.1) is 13.1 Å². The predicted molar refractivity (Wildman–Crippen MR) is 92.5 cm³/mol. The first-order chi connectivity index (χ1) is 11.2. The Morgan fingerprint density at radius 3 is 2.52 bits per heavy atom. The standard InChI is InChI=1S/C14H24N8S/c1-3-15-11-17-12(16-4-2)22-13(18-11)19-21(14(22)23)10-20-8-6-5-7-9-20/h3-10H2,1-2H3,(H2,15,16,17,18,19)/p+1. The number of fused-ring (bicyclic) bond motifs is 1. The average molecular weight is 337 g/mol. The molecule has 0 spiro atoms. The minimum atomic E-state index is 0.577. The second-order valence-electron chi connectivity index (χ2n) is 5.82. The number of anilines is 2. The lowest BCUT2D eigenvalue weighted by molar-refractivity contribution is -0.928. The number of rotatable bonds is 6. The highest BCUT2D eigenvalue weighted by atomic mass is 32.1. The van der Waals surface area contributed by atoms with Crippen molar-refractivity contribution >= 4 is 29.9 Å². The third-order valence-corrected chi connectivity index (χ3v) is 4.45. The highest BCUT2D eigenvalue weighted by molar-refractivity contribution is 7.71. The van der Waals surface area contributed by atoms with Gasteiger partial charge in [0.25, 0.3) is 5.78 Å². The van der Waals surface area contributed by atoms with E-state index in [1.54, 1.807) is 0 Å². The van der Waals surface area contributed by atoms with Crippen molar-refractivity contribution in [3.8, 4) is 0 Å². The van der Waals surface area contributed by atoms with Crippen LogP contribution in [0.2, 0.25) is 0 Å². The predicted octanol–water partition coefficient (Wildman–Crippen LogP) is 0.545. The summed E-state index contributed by atoms with van der Waals surface area (Å²) in [5.41, 5.74) is 0. The monoisotopic (exact) mass is 337 g/mol. The van der Waals surface area contributed by atoms with Gasteiger partial charge >= 0.3 is 0 Å². The summed E-state index contributed by atoms with van der Waals surface area (Å²) < 4.78 is 4.36. The lowest BCUT2D eigenvalue weighted by atomic mass is 10.1. The number of hydrogen-bond donors (Lipinski definition) is 3. The summed E-state index contributed by atoms with van der Waals surface area (Å²) in [6.45, 7) is 8.75. The maximum absolute atomic E-state index is 5.61. The van der Waals surface area contributed by atoms with Crippen LogP contribution < -0.4 is 15.5 Å². The van der Waals surface area contributed by atoms with E-state index in [9.17, 15) is 0 Å². The largest absolute Gasteiger partial charge is 0.355 e. The van der Waals surface area contributed by atoms with Crippen LogP contribution in [0.1, 0.15) is 33.1 Å². The maximum Gasteiger partial charge on any atom is 0.260 e. The highest BCUT2D eigenvalue weighted by Gasteiger charge is 2.18. The van der Waals surface area contributed by atoms with Gasteiger partial charge in [-0.3, -0.25) is 0 Å². The van der Waals surface area contributed by atoms with Gasteiger partial charge in [-0.15, -0.1) is 5.10 Å². The second kappa shape index (κ2) is 7.22. The van der Waals surface area contributed by atoms with E-state index in [4.69, 9.17) is 12.2 Å². The van der Waals surface area contributed by atoms with Gasteiger partial charge in [-0.05, 0) is 45.3 Å². The Kier molecular flexibility index (Phi) is 5.06. The van der Waals surface area contributed by atoms with Crippen LogP contribution in [0.25, 0.3) is 5.78 Å². The van der Waals surface area contributed by atoms with Gasteiger partial charge in [0.1, 0.15) is 0 Å². The van der Waals surface area contributed by atoms with Crippen molar-refractivity contribution in [1.29, 1.82) is 0 Å².